The van der Waals surface area contributed by atoms with Crippen LogP contribution in [0.5, 0.6) is 0 Å². The molecule has 4 rings (SSSR count). The third-order valence-electron chi connectivity index (χ3n) is 4.90. The summed E-state index contributed by atoms with van der Waals surface area (Å²) in [5, 5.41) is 18.1. The number of aryl methyl sites for hydroxylation is 1. The van der Waals surface area contributed by atoms with Crippen LogP contribution >= 0.6 is 0 Å². The SMILES string of the molecule is Cc1ccc(CNC(=O)Cn2cnc3c(cnn3-c3ccccc3[N+](=O)[O-])c2=O)cc1F. The van der Waals surface area contributed by atoms with E-state index in [2.05, 4.69) is 15.4 Å². The molecule has 0 aliphatic rings. The maximum absolute atomic E-state index is 13.6. The second-order valence-electron chi connectivity index (χ2n) is 7.08. The number of nitro groups is 1. The fourth-order valence-corrected chi connectivity index (χ4v) is 3.19. The first-order valence-electron chi connectivity index (χ1n) is 9.54. The van der Waals surface area contributed by atoms with E-state index in [0.29, 0.717) is 11.1 Å². The first kappa shape index (κ1) is 20.8. The highest BCUT2D eigenvalue weighted by molar-refractivity contribution is 5.78. The molecule has 1 N–H and O–H groups in total. The van der Waals surface area contributed by atoms with Crippen LogP contribution in [0.4, 0.5) is 10.1 Å². The van der Waals surface area contributed by atoms with Gasteiger partial charge in [-0.25, -0.2) is 14.1 Å². The topological polar surface area (TPSA) is 125 Å². The normalized spacial score (nSPS) is 10.9. The molecule has 0 unspecified atom stereocenters. The van der Waals surface area contributed by atoms with Gasteiger partial charge in [-0.05, 0) is 30.2 Å². The monoisotopic (exact) mass is 436 g/mol. The molecule has 0 saturated heterocycles. The first-order valence-corrected chi connectivity index (χ1v) is 9.54. The number of benzene rings is 2. The van der Waals surface area contributed by atoms with Crippen molar-refractivity contribution < 1.29 is 14.1 Å². The van der Waals surface area contributed by atoms with Crippen molar-refractivity contribution in [2.45, 2.75) is 20.0 Å². The molecule has 2 aromatic carbocycles. The van der Waals surface area contributed by atoms with E-state index in [9.17, 15) is 24.1 Å². The highest BCUT2D eigenvalue weighted by atomic mass is 19.1. The fourth-order valence-electron chi connectivity index (χ4n) is 3.19. The lowest BCUT2D eigenvalue weighted by molar-refractivity contribution is -0.384. The summed E-state index contributed by atoms with van der Waals surface area (Å²) in [7, 11) is 0. The number of aromatic nitrogens is 4. The molecule has 0 atom stereocenters. The molecule has 0 saturated carbocycles. The van der Waals surface area contributed by atoms with Gasteiger partial charge in [0.25, 0.3) is 11.2 Å². The number of nitro benzene ring substituents is 1. The number of halogens is 1. The van der Waals surface area contributed by atoms with E-state index in [1.54, 1.807) is 25.1 Å². The molecule has 11 heteroatoms. The van der Waals surface area contributed by atoms with Gasteiger partial charge in [0.15, 0.2) is 5.65 Å². The summed E-state index contributed by atoms with van der Waals surface area (Å²) in [6.45, 7) is 1.45. The van der Waals surface area contributed by atoms with E-state index in [-0.39, 0.29) is 41.3 Å². The minimum Gasteiger partial charge on any atom is -0.350 e. The average Bonchev–Trinajstić information content (AvgIpc) is 3.21. The number of amides is 1. The predicted molar refractivity (Wildman–Crippen MR) is 113 cm³/mol. The average molecular weight is 436 g/mol. The van der Waals surface area contributed by atoms with Gasteiger partial charge in [0, 0.05) is 12.6 Å². The van der Waals surface area contributed by atoms with Crippen molar-refractivity contribution in [2.75, 3.05) is 0 Å². The fraction of sp³-hybridized carbons (Fsp3) is 0.143. The van der Waals surface area contributed by atoms with Crippen LogP contribution in [0.2, 0.25) is 0 Å². The molecule has 0 aliphatic heterocycles. The van der Waals surface area contributed by atoms with Gasteiger partial charge in [0.05, 0.1) is 11.1 Å². The number of nitrogens with one attached hydrogen (secondary N) is 1. The van der Waals surface area contributed by atoms with Crippen LogP contribution in [0.3, 0.4) is 0 Å². The van der Waals surface area contributed by atoms with E-state index in [1.807, 2.05) is 0 Å². The Kier molecular flexibility index (Phi) is 5.46. The Morgan fingerprint density at radius 3 is 2.78 bits per heavy atom. The van der Waals surface area contributed by atoms with Crippen LogP contribution < -0.4 is 10.9 Å². The summed E-state index contributed by atoms with van der Waals surface area (Å²) in [5.74, 6) is -0.821. The van der Waals surface area contributed by atoms with Gasteiger partial charge in [0.1, 0.15) is 29.8 Å². The maximum Gasteiger partial charge on any atom is 0.294 e. The molecular weight excluding hydrogens is 419 g/mol. The Balaban J connectivity index is 1.56. The first-order chi connectivity index (χ1) is 15.3. The number of rotatable bonds is 6. The molecular formula is C21H17FN6O4. The highest BCUT2D eigenvalue weighted by Gasteiger charge is 2.19. The molecule has 2 aromatic heterocycles. The summed E-state index contributed by atoms with van der Waals surface area (Å²) in [6.07, 6.45) is 2.44. The maximum atomic E-state index is 13.6. The molecule has 0 spiro atoms. The van der Waals surface area contributed by atoms with Gasteiger partial charge >= 0.3 is 0 Å². The van der Waals surface area contributed by atoms with Crippen molar-refractivity contribution in [3.05, 3.63) is 92.4 Å². The summed E-state index contributed by atoms with van der Waals surface area (Å²) >= 11 is 0. The van der Waals surface area contributed by atoms with E-state index in [1.165, 1.54) is 41.5 Å². The van der Waals surface area contributed by atoms with Gasteiger partial charge in [0.2, 0.25) is 5.91 Å². The van der Waals surface area contributed by atoms with E-state index < -0.39 is 16.4 Å². The molecule has 0 aliphatic carbocycles. The zero-order valence-electron chi connectivity index (χ0n) is 16.9. The summed E-state index contributed by atoms with van der Waals surface area (Å²) in [6, 6.07) is 10.6. The number of nitrogens with zero attached hydrogens (tertiary/aromatic N) is 5. The molecule has 1 amide bonds. The number of hydrogen-bond acceptors (Lipinski definition) is 6. The lowest BCUT2D eigenvalue weighted by Gasteiger charge is -2.08. The van der Waals surface area contributed by atoms with Crippen molar-refractivity contribution in [1.82, 2.24) is 24.6 Å². The Bertz CT molecular complexity index is 1410. The van der Waals surface area contributed by atoms with Crippen LogP contribution in [0, 0.1) is 22.9 Å². The van der Waals surface area contributed by atoms with E-state index in [4.69, 9.17) is 0 Å². The number of hydrogen-bond donors (Lipinski definition) is 1. The van der Waals surface area contributed by atoms with Crippen LogP contribution in [0.1, 0.15) is 11.1 Å². The molecule has 0 bridgehead atoms. The molecule has 10 nitrogen and oxygen atoms in total. The van der Waals surface area contributed by atoms with Crippen molar-refractivity contribution >= 4 is 22.6 Å². The Hall–Kier alpha value is -4.41. The van der Waals surface area contributed by atoms with Crippen molar-refractivity contribution in [1.29, 1.82) is 0 Å². The second-order valence-corrected chi connectivity index (χ2v) is 7.08. The summed E-state index contributed by atoms with van der Waals surface area (Å²) in [5.41, 5.74) is 0.698. The van der Waals surface area contributed by atoms with E-state index in [0.717, 1.165) is 4.57 Å². The van der Waals surface area contributed by atoms with Gasteiger partial charge in [-0.1, -0.05) is 24.3 Å². The Morgan fingerprint density at radius 1 is 1.25 bits per heavy atom. The molecule has 0 fully saturated rings. The second kappa shape index (κ2) is 8.38. The minimum absolute atomic E-state index is 0.107. The van der Waals surface area contributed by atoms with Gasteiger partial charge < -0.3 is 5.32 Å². The quantitative estimate of drug-likeness (QED) is 0.365. The molecule has 2 heterocycles. The summed E-state index contributed by atoms with van der Waals surface area (Å²) in [4.78, 5) is 40.0. The largest absolute Gasteiger partial charge is 0.350 e. The Labute approximate surface area is 180 Å². The summed E-state index contributed by atoms with van der Waals surface area (Å²) < 4.78 is 16.0. The lowest BCUT2D eigenvalue weighted by Crippen LogP contribution is -2.32. The smallest absolute Gasteiger partial charge is 0.294 e. The van der Waals surface area contributed by atoms with Crippen LogP contribution in [0.25, 0.3) is 16.7 Å². The third-order valence-corrected chi connectivity index (χ3v) is 4.90. The van der Waals surface area contributed by atoms with Gasteiger partial charge in [-0.2, -0.15) is 5.10 Å². The number of para-hydroxylation sites is 2. The molecule has 4 aromatic rings. The zero-order valence-corrected chi connectivity index (χ0v) is 16.9. The molecule has 0 radical (unpaired) electrons. The van der Waals surface area contributed by atoms with Crippen LogP contribution in [0.15, 0.2) is 59.8 Å². The van der Waals surface area contributed by atoms with Crippen molar-refractivity contribution in [3.8, 4) is 5.69 Å². The molecule has 32 heavy (non-hydrogen) atoms. The van der Waals surface area contributed by atoms with Crippen LogP contribution in [-0.4, -0.2) is 30.2 Å². The standard InChI is InChI=1S/C21H17FN6O4/c1-13-6-7-14(8-16(13)22)9-23-19(29)11-26-12-24-20-15(21(26)30)10-25-27(20)17-4-2-3-5-18(17)28(31)32/h2-8,10,12H,9,11H2,1H3,(H,23,29). The molecule has 162 valence electrons. The number of carbonyl (C=O) groups is 1. The number of carbonyl (C=O) groups excluding carboxylic acids is 1. The lowest BCUT2D eigenvalue weighted by atomic mass is 10.1. The van der Waals surface area contributed by atoms with Gasteiger partial charge in [-0.3, -0.25) is 24.3 Å². The zero-order chi connectivity index (χ0) is 22.8. The van der Waals surface area contributed by atoms with Crippen molar-refractivity contribution in [3.63, 3.8) is 0 Å². The van der Waals surface area contributed by atoms with Crippen molar-refractivity contribution in [2.24, 2.45) is 0 Å². The number of fused-ring (bicyclic) bond motifs is 1. The van der Waals surface area contributed by atoms with Gasteiger partial charge in [-0.15, -0.1) is 0 Å². The van der Waals surface area contributed by atoms with E-state index >= 15 is 0 Å². The minimum atomic E-state index is -0.547. The highest BCUT2D eigenvalue weighted by Crippen LogP contribution is 2.23. The predicted octanol–water partition coefficient (Wildman–Crippen LogP) is 2.25. The van der Waals surface area contributed by atoms with Crippen LogP contribution in [-0.2, 0) is 17.9 Å². The Morgan fingerprint density at radius 2 is 2.03 bits per heavy atom. The third kappa shape index (κ3) is 3.95.